The van der Waals surface area contributed by atoms with E-state index in [-0.39, 0.29) is 0 Å². The Hall–Kier alpha value is 0.130. The maximum atomic E-state index is 2.57. The van der Waals surface area contributed by atoms with Crippen molar-refractivity contribution in [2.75, 3.05) is 0 Å². The minimum atomic E-state index is 0.408. The fraction of sp³-hybridized carbons (Fsp3) is 1.00. The molecule has 0 rings (SSSR count). The maximum absolute atomic E-state index is 2.57. The molecule has 3 unspecified atom stereocenters. The first kappa shape index (κ1) is 20.1. The molecule has 0 amide bonds. The third kappa shape index (κ3) is 7.23. The first-order valence-electron chi connectivity index (χ1n) is 8.79. The van der Waals surface area contributed by atoms with Gasteiger partial charge in [0.1, 0.15) is 14.6 Å². The van der Waals surface area contributed by atoms with Gasteiger partial charge in [-0.25, -0.2) is 0 Å². The zero-order valence-corrected chi connectivity index (χ0v) is 15.7. The topological polar surface area (TPSA) is 0 Å². The summed E-state index contributed by atoms with van der Waals surface area (Å²) < 4.78 is 0. The summed E-state index contributed by atoms with van der Waals surface area (Å²) in [5, 5.41) is 0. The van der Waals surface area contributed by atoms with E-state index in [1.807, 2.05) is 0 Å². The van der Waals surface area contributed by atoms with Crippen molar-refractivity contribution in [3.05, 3.63) is 0 Å². The van der Waals surface area contributed by atoms with Gasteiger partial charge in [-0.15, -0.1) is 0 Å². The molecule has 0 bridgehead atoms. The first-order valence-corrected chi connectivity index (χ1v) is 8.79. The second-order valence-corrected chi connectivity index (χ2v) is 8.23. The SMILES string of the molecule is CCC([B]C(C)C)C(C)(C)C(C)CC(C)C[B]C(C)C. The van der Waals surface area contributed by atoms with Crippen LogP contribution in [0.15, 0.2) is 0 Å². The molecule has 3 atom stereocenters. The second-order valence-electron chi connectivity index (χ2n) is 8.23. The van der Waals surface area contributed by atoms with Crippen LogP contribution in [0.5, 0.6) is 0 Å². The third-order valence-electron chi connectivity index (χ3n) is 5.05. The molecule has 0 heterocycles. The van der Waals surface area contributed by atoms with Crippen molar-refractivity contribution in [1.82, 2.24) is 0 Å². The molecule has 20 heavy (non-hydrogen) atoms. The van der Waals surface area contributed by atoms with Gasteiger partial charge in [0.2, 0.25) is 0 Å². The van der Waals surface area contributed by atoms with Crippen molar-refractivity contribution in [1.29, 1.82) is 0 Å². The molecule has 0 aromatic carbocycles. The highest BCUT2D eigenvalue weighted by Crippen LogP contribution is 2.44. The Morgan fingerprint density at radius 2 is 1.45 bits per heavy atom. The van der Waals surface area contributed by atoms with E-state index in [2.05, 4.69) is 76.9 Å². The summed E-state index contributed by atoms with van der Waals surface area (Å²) in [6.07, 6.45) is 3.88. The van der Waals surface area contributed by atoms with Gasteiger partial charge in [0.05, 0.1) is 0 Å². The Labute approximate surface area is 131 Å². The summed E-state index contributed by atoms with van der Waals surface area (Å²) in [4.78, 5) is 0. The first-order chi connectivity index (χ1) is 9.11. The molecule has 0 saturated heterocycles. The highest BCUT2D eigenvalue weighted by molar-refractivity contribution is 6.39. The summed E-state index contributed by atoms with van der Waals surface area (Å²) in [5.74, 6) is 3.73. The normalized spacial score (nSPS) is 17.1. The van der Waals surface area contributed by atoms with Crippen LogP contribution >= 0.6 is 0 Å². The molecule has 0 nitrogen and oxygen atoms in total. The Balaban J connectivity index is 4.50. The molecule has 0 aromatic heterocycles. The molecule has 0 N–H and O–H groups in total. The lowest BCUT2D eigenvalue weighted by Gasteiger charge is -2.41. The lowest BCUT2D eigenvalue weighted by atomic mass is 9.45. The fourth-order valence-corrected chi connectivity index (χ4v) is 3.25. The van der Waals surface area contributed by atoms with Crippen LogP contribution in [-0.2, 0) is 0 Å². The van der Waals surface area contributed by atoms with E-state index in [4.69, 9.17) is 0 Å². The summed E-state index contributed by atoms with van der Waals surface area (Å²) in [7, 11) is 5.04. The molecule has 0 aliphatic carbocycles. The van der Waals surface area contributed by atoms with Crippen LogP contribution in [0, 0.1) is 17.3 Å². The Morgan fingerprint density at radius 1 is 0.900 bits per heavy atom. The molecule has 0 fully saturated rings. The number of hydrogen-bond acceptors (Lipinski definition) is 0. The van der Waals surface area contributed by atoms with Gasteiger partial charge in [0, 0.05) is 0 Å². The van der Waals surface area contributed by atoms with Gasteiger partial charge in [-0.3, -0.25) is 0 Å². The van der Waals surface area contributed by atoms with Crippen molar-refractivity contribution in [2.45, 2.75) is 98.9 Å². The van der Waals surface area contributed by atoms with Gasteiger partial charge < -0.3 is 0 Å². The zero-order valence-electron chi connectivity index (χ0n) is 15.7. The maximum Gasteiger partial charge on any atom is 0.117 e. The second kappa shape index (κ2) is 9.21. The Kier molecular flexibility index (Phi) is 9.27. The lowest BCUT2D eigenvalue weighted by molar-refractivity contribution is 0.180. The minimum Gasteiger partial charge on any atom is -0.0775 e. The van der Waals surface area contributed by atoms with Crippen molar-refractivity contribution in [3.8, 4) is 0 Å². The Morgan fingerprint density at radius 3 is 1.85 bits per heavy atom. The van der Waals surface area contributed by atoms with Gasteiger partial charge in [0.25, 0.3) is 0 Å². The van der Waals surface area contributed by atoms with Crippen molar-refractivity contribution < 1.29 is 0 Å². The van der Waals surface area contributed by atoms with Gasteiger partial charge in [-0.2, -0.15) is 0 Å². The average molecular weight is 276 g/mol. The number of hydrogen-bond donors (Lipinski definition) is 0. The highest BCUT2D eigenvalue weighted by Gasteiger charge is 2.34. The lowest BCUT2D eigenvalue weighted by Crippen LogP contribution is -2.32. The van der Waals surface area contributed by atoms with E-state index in [9.17, 15) is 0 Å². The molecular formula is C18H38B2. The van der Waals surface area contributed by atoms with Gasteiger partial charge in [-0.1, -0.05) is 98.4 Å². The third-order valence-corrected chi connectivity index (χ3v) is 5.05. The van der Waals surface area contributed by atoms with E-state index >= 15 is 0 Å². The van der Waals surface area contributed by atoms with Crippen molar-refractivity contribution in [2.24, 2.45) is 17.3 Å². The molecule has 0 aliphatic heterocycles. The van der Waals surface area contributed by atoms with Crippen LogP contribution in [0.1, 0.15) is 75.2 Å². The zero-order chi connectivity index (χ0) is 15.9. The molecule has 2 radical (unpaired) electrons. The van der Waals surface area contributed by atoms with Crippen molar-refractivity contribution >= 4 is 14.6 Å². The van der Waals surface area contributed by atoms with Gasteiger partial charge in [0.15, 0.2) is 0 Å². The van der Waals surface area contributed by atoms with E-state index < -0.39 is 0 Å². The summed E-state index contributed by atoms with van der Waals surface area (Å²) in [5.41, 5.74) is 0.408. The monoisotopic (exact) mass is 276 g/mol. The van der Waals surface area contributed by atoms with Crippen LogP contribution in [0.3, 0.4) is 0 Å². The smallest absolute Gasteiger partial charge is 0.0775 e. The quantitative estimate of drug-likeness (QED) is 0.407. The predicted molar refractivity (Wildman–Crippen MR) is 97.3 cm³/mol. The molecule has 0 saturated carbocycles. The molecule has 0 aromatic rings. The predicted octanol–water partition coefficient (Wildman–Crippen LogP) is 6.36. The van der Waals surface area contributed by atoms with Crippen LogP contribution < -0.4 is 0 Å². The minimum absolute atomic E-state index is 0.408. The molecule has 0 aliphatic rings. The standard InChI is InChI=1S/C18H38B2/c1-10-17(20-14(4)5)18(8,9)16(7)11-15(6)12-19-13(2)3/h13-17H,10-12H2,1-9H3. The molecule has 0 spiro atoms. The van der Waals surface area contributed by atoms with Gasteiger partial charge in [-0.05, 0) is 17.8 Å². The van der Waals surface area contributed by atoms with Gasteiger partial charge >= 0.3 is 0 Å². The van der Waals surface area contributed by atoms with E-state index in [1.165, 1.54) is 19.2 Å². The average Bonchev–Trinajstić information content (AvgIpc) is 2.32. The van der Waals surface area contributed by atoms with Crippen molar-refractivity contribution in [3.63, 3.8) is 0 Å². The summed E-state index contributed by atoms with van der Waals surface area (Å²) in [6.45, 7) is 21.4. The molecule has 116 valence electrons. The molecule has 2 heteroatoms. The molecular weight excluding hydrogens is 238 g/mol. The fourth-order valence-electron chi connectivity index (χ4n) is 3.25. The van der Waals surface area contributed by atoms with E-state index in [0.717, 1.165) is 23.5 Å². The number of rotatable bonds is 10. The summed E-state index contributed by atoms with van der Waals surface area (Å²) >= 11 is 0. The van der Waals surface area contributed by atoms with Crippen LogP contribution in [-0.4, -0.2) is 14.6 Å². The van der Waals surface area contributed by atoms with Crippen LogP contribution in [0.4, 0.5) is 0 Å². The summed E-state index contributed by atoms with van der Waals surface area (Å²) in [6, 6.07) is 0. The Bertz CT molecular complexity index is 246. The van der Waals surface area contributed by atoms with E-state index in [0.29, 0.717) is 11.2 Å². The van der Waals surface area contributed by atoms with E-state index in [1.54, 1.807) is 0 Å². The highest BCUT2D eigenvalue weighted by atomic mass is 14.3. The van der Waals surface area contributed by atoms with Crippen LogP contribution in [0.25, 0.3) is 0 Å². The largest absolute Gasteiger partial charge is 0.117 e. The van der Waals surface area contributed by atoms with Crippen LogP contribution in [0.2, 0.25) is 23.8 Å².